The summed E-state index contributed by atoms with van der Waals surface area (Å²) >= 11 is 0. The summed E-state index contributed by atoms with van der Waals surface area (Å²) in [4.78, 5) is 19.0. The maximum Gasteiger partial charge on any atom is 0.162 e. The van der Waals surface area contributed by atoms with E-state index in [9.17, 15) is 0 Å². The van der Waals surface area contributed by atoms with E-state index in [1.165, 1.54) is 18.4 Å². The lowest BCUT2D eigenvalue weighted by Gasteiger charge is -2.40. The zero-order chi connectivity index (χ0) is 24.4. The van der Waals surface area contributed by atoms with Crippen molar-refractivity contribution < 1.29 is 0 Å². The highest BCUT2D eigenvalue weighted by Crippen LogP contribution is 2.44. The fourth-order valence-corrected chi connectivity index (χ4v) is 4.68. The van der Waals surface area contributed by atoms with Crippen molar-refractivity contribution in [1.82, 2.24) is 25.3 Å². The van der Waals surface area contributed by atoms with Crippen LogP contribution in [0.1, 0.15) is 44.6 Å². The average Bonchev–Trinajstić information content (AvgIpc) is 3.69. The minimum atomic E-state index is 0.107. The van der Waals surface area contributed by atoms with Gasteiger partial charge in [0.1, 0.15) is 11.6 Å². The predicted octanol–water partition coefficient (Wildman–Crippen LogP) is 5.43. The van der Waals surface area contributed by atoms with E-state index in [4.69, 9.17) is 9.97 Å². The van der Waals surface area contributed by atoms with E-state index in [-0.39, 0.29) is 5.41 Å². The Bertz CT molecular complexity index is 1290. The molecule has 1 unspecified atom stereocenters. The molecule has 4 heterocycles. The highest BCUT2D eigenvalue weighted by Gasteiger charge is 2.34. The number of allylic oxidation sites excluding steroid dienone is 3. The minimum Gasteiger partial charge on any atom is -0.366 e. The standard InChI is InChI=1S/C28H33N7/c1-5-6-7-18(2)32-24-14-20(10-13-31-24)26-33-22-16-30-15-21(19-8-9-19)25(22)27(35-26)34-23-11-12-29-17-28(23,3)4/h5-7,10,13-16,19,23,29H,1-2,8-9,11-12,17H2,3-4H3,(H,31,32)(H,33,34,35)/b7-6-. The first kappa shape index (κ1) is 23.2. The van der Waals surface area contributed by atoms with Gasteiger partial charge in [0.2, 0.25) is 0 Å². The first-order valence-electron chi connectivity index (χ1n) is 12.3. The van der Waals surface area contributed by atoms with E-state index in [0.29, 0.717) is 23.6 Å². The molecule has 5 rings (SSSR count). The van der Waals surface area contributed by atoms with Crippen LogP contribution in [-0.4, -0.2) is 39.1 Å². The smallest absolute Gasteiger partial charge is 0.162 e. The molecule has 0 aromatic carbocycles. The number of hydrogen-bond donors (Lipinski definition) is 3. The van der Waals surface area contributed by atoms with E-state index >= 15 is 0 Å². The van der Waals surface area contributed by atoms with Crippen molar-refractivity contribution in [1.29, 1.82) is 0 Å². The van der Waals surface area contributed by atoms with Gasteiger partial charge >= 0.3 is 0 Å². The number of pyridine rings is 2. The van der Waals surface area contributed by atoms with Crippen molar-refractivity contribution >= 4 is 22.5 Å². The van der Waals surface area contributed by atoms with Gasteiger partial charge in [0.25, 0.3) is 0 Å². The average molecular weight is 468 g/mol. The molecule has 7 heteroatoms. The molecule has 2 fully saturated rings. The molecule has 3 aromatic rings. The fraction of sp³-hybridized carbons (Fsp3) is 0.357. The van der Waals surface area contributed by atoms with E-state index in [1.54, 1.807) is 12.3 Å². The number of nitrogens with one attached hydrogen (secondary N) is 3. The van der Waals surface area contributed by atoms with Crippen LogP contribution in [-0.2, 0) is 0 Å². The van der Waals surface area contributed by atoms with Crippen molar-refractivity contribution in [3.8, 4) is 11.4 Å². The lowest BCUT2D eigenvalue weighted by molar-refractivity contribution is 0.236. The summed E-state index contributed by atoms with van der Waals surface area (Å²) in [5.74, 6) is 2.79. The summed E-state index contributed by atoms with van der Waals surface area (Å²) in [6, 6.07) is 4.19. The second kappa shape index (κ2) is 9.58. The van der Waals surface area contributed by atoms with Gasteiger partial charge in [0.05, 0.1) is 11.7 Å². The molecule has 7 nitrogen and oxygen atoms in total. The lowest BCUT2D eigenvalue weighted by Crippen LogP contribution is -2.49. The summed E-state index contributed by atoms with van der Waals surface area (Å²) in [5.41, 5.74) is 3.84. The third-order valence-electron chi connectivity index (χ3n) is 6.84. The second-order valence-electron chi connectivity index (χ2n) is 10.1. The summed E-state index contributed by atoms with van der Waals surface area (Å²) in [5, 5.41) is 11.7. The minimum absolute atomic E-state index is 0.107. The normalized spacial score (nSPS) is 19.5. The van der Waals surface area contributed by atoms with Gasteiger partial charge in [-0.15, -0.1) is 0 Å². The van der Waals surface area contributed by atoms with Crippen LogP contribution in [0.2, 0.25) is 0 Å². The largest absolute Gasteiger partial charge is 0.366 e. The molecule has 1 saturated heterocycles. The van der Waals surface area contributed by atoms with Gasteiger partial charge in [-0.05, 0) is 60.9 Å². The van der Waals surface area contributed by atoms with Gasteiger partial charge in [-0.3, -0.25) is 4.98 Å². The SMILES string of the molecule is C=C/C=C\C(=C)Nc1cc(-c2nc(NC3CCNCC3(C)C)c3c(C4CC4)cncc3n2)ccn1. The number of fused-ring (bicyclic) bond motifs is 1. The molecular formula is C28H33N7. The maximum absolute atomic E-state index is 5.10. The Balaban J connectivity index is 1.56. The van der Waals surface area contributed by atoms with Crippen LogP contribution >= 0.6 is 0 Å². The molecule has 1 saturated carbocycles. The van der Waals surface area contributed by atoms with Crippen molar-refractivity contribution in [2.24, 2.45) is 5.41 Å². The lowest BCUT2D eigenvalue weighted by atomic mass is 9.80. The Hall–Kier alpha value is -3.58. The topological polar surface area (TPSA) is 87.7 Å². The molecular weight excluding hydrogens is 434 g/mol. The van der Waals surface area contributed by atoms with Gasteiger partial charge in [0.15, 0.2) is 5.82 Å². The number of rotatable bonds is 8. The summed E-state index contributed by atoms with van der Waals surface area (Å²) in [6.45, 7) is 14.3. The first-order chi connectivity index (χ1) is 16.9. The van der Waals surface area contributed by atoms with Crippen LogP contribution < -0.4 is 16.0 Å². The molecule has 3 aromatic heterocycles. The van der Waals surface area contributed by atoms with Crippen molar-refractivity contribution in [2.45, 2.75) is 45.1 Å². The molecule has 0 amide bonds. The van der Waals surface area contributed by atoms with E-state index in [0.717, 1.165) is 47.5 Å². The summed E-state index contributed by atoms with van der Waals surface area (Å²) in [6.07, 6.45) is 14.4. The zero-order valence-corrected chi connectivity index (χ0v) is 20.5. The Labute approximate surface area is 206 Å². The Morgan fingerprint density at radius 2 is 2.06 bits per heavy atom. The maximum atomic E-state index is 5.10. The molecule has 3 N–H and O–H groups in total. The number of nitrogens with zero attached hydrogens (tertiary/aromatic N) is 4. The third-order valence-corrected chi connectivity index (χ3v) is 6.84. The van der Waals surface area contributed by atoms with E-state index < -0.39 is 0 Å². The Morgan fingerprint density at radius 1 is 1.20 bits per heavy atom. The molecule has 180 valence electrons. The molecule has 0 radical (unpaired) electrons. The Morgan fingerprint density at radius 3 is 2.83 bits per heavy atom. The van der Waals surface area contributed by atoms with Crippen LogP contribution in [0.3, 0.4) is 0 Å². The fourth-order valence-electron chi connectivity index (χ4n) is 4.68. The highest BCUT2D eigenvalue weighted by molar-refractivity contribution is 5.93. The number of aromatic nitrogens is 4. The first-order valence-corrected chi connectivity index (χ1v) is 12.3. The van der Waals surface area contributed by atoms with Crippen LogP contribution in [0.15, 0.2) is 67.8 Å². The monoisotopic (exact) mass is 467 g/mol. The molecule has 1 atom stereocenters. The number of hydrogen-bond acceptors (Lipinski definition) is 7. The second-order valence-corrected chi connectivity index (χ2v) is 10.1. The molecule has 0 spiro atoms. The molecule has 0 bridgehead atoms. The quantitative estimate of drug-likeness (QED) is 0.381. The van der Waals surface area contributed by atoms with Crippen LogP contribution in [0, 0.1) is 5.41 Å². The van der Waals surface area contributed by atoms with Crippen molar-refractivity contribution in [3.63, 3.8) is 0 Å². The van der Waals surface area contributed by atoms with Gasteiger partial charge in [-0.25, -0.2) is 15.0 Å². The molecule has 2 aliphatic rings. The van der Waals surface area contributed by atoms with Crippen LogP contribution in [0.4, 0.5) is 11.6 Å². The summed E-state index contributed by atoms with van der Waals surface area (Å²) in [7, 11) is 0. The summed E-state index contributed by atoms with van der Waals surface area (Å²) < 4.78 is 0. The number of piperidine rings is 1. The van der Waals surface area contributed by atoms with Crippen molar-refractivity contribution in [2.75, 3.05) is 23.7 Å². The van der Waals surface area contributed by atoms with Gasteiger partial charge in [0, 0.05) is 41.6 Å². The predicted molar refractivity (Wildman–Crippen MR) is 143 cm³/mol. The number of anilines is 2. The molecule has 35 heavy (non-hydrogen) atoms. The van der Waals surface area contributed by atoms with E-state index in [2.05, 4.69) is 52.9 Å². The molecule has 1 aliphatic heterocycles. The van der Waals surface area contributed by atoms with Gasteiger partial charge in [-0.1, -0.05) is 39.2 Å². The van der Waals surface area contributed by atoms with Crippen LogP contribution in [0.5, 0.6) is 0 Å². The van der Waals surface area contributed by atoms with Gasteiger partial charge in [-0.2, -0.15) is 0 Å². The highest BCUT2D eigenvalue weighted by atomic mass is 15.1. The zero-order valence-electron chi connectivity index (χ0n) is 20.5. The van der Waals surface area contributed by atoms with Crippen LogP contribution in [0.25, 0.3) is 22.3 Å². The Kier molecular flexibility index (Phi) is 6.34. The van der Waals surface area contributed by atoms with Gasteiger partial charge < -0.3 is 16.0 Å². The van der Waals surface area contributed by atoms with Crippen molar-refractivity contribution in [3.05, 3.63) is 73.4 Å². The molecule has 1 aliphatic carbocycles. The van der Waals surface area contributed by atoms with E-state index in [1.807, 2.05) is 36.7 Å². The third kappa shape index (κ3) is 5.10.